The molecule has 2 nitrogen and oxygen atoms in total. The van der Waals surface area contributed by atoms with Crippen LogP contribution in [0.3, 0.4) is 0 Å². The number of hydrogen-bond donors (Lipinski definition) is 1. The first kappa shape index (κ1) is 14.0. The molecule has 1 heterocycles. The van der Waals surface area contributed by atoms with Crippen LogP contribution >= 0.6 is 15.9 Å². The average molecular weight is 311 g/mol. The summed E-state index contributed by atoms with van der Waals surface area (Å²) in [5.41, 5.74) is 7.62. The van der Waals surface area contributed by atoms with Crippen molar-refractivity contribution in [2.75, 3.05) is 19.6 Å². The summed E-state index contributed by atoms with van der Waals surface area (Å²) in [5.74, 6) is 0. The smallest absolute Gasteiger partial charge is 0.0345 e. The van der Waals surface area contributed by atoms with Gasteiger partial charge in [-0.1, -0.05) is 41.9 Å². The van der Waals surface area contributed by atoms with Gasteiger partial charge in [-0.3, -0.25) is 4.90 Å². The summed E-state index contributed by atoms with van der Waals surface area (Å²) >= 11 is 3.50. The summed E-state index contributed by atoms with van der Waals surface area (Å²) in [6.45, 7) is 7.66. The van der Waals surface area contributed by atoms with Crippen molar-refractivity contribution in [2.24, 2.45) is 11.1 Å². The van der Waals surface area contributed by atoms with E-state index in [4.69, 9.17) is 5.73 Å². The summed E-state index contributed by atoms with van der Waals surface area (Å²) in [7, 11) is 0. The summed E-state index contributed by atoms with van der Waals surface area (Å²) in [4.78, 5) is 2.59. The number of hydrogen-bond acceptors (Lipinski definition) is 2. The third-order valence-corrected chi connectivity index (χ3v) is 4.69. The van der Waals surface area contributed by atoms with Gasteiger partial charge in [-0.2, -0.15) is 0 Å². The number of nitrogens with two attached hydrogens (primary N) is 1. The minimum atomic E-state index is 0.308. The molecule has 2 atom stereocenters. The van der Waals surface area contributed by atoms with Crippen molar-refractivity contribution in [1.82, 2.24) is 4.90 Å². The molecule has 0 bridgehead atoms. The Bertz CT molecular complexity index is 390. The number of benzene rings is 1. The maximum atomic E-state index is 5.90. The normalized spacial score (nSPS) is 26.4. The third kappa shape index (κ3) is 2.95. The average Bonchev–Trinajstić information content (AvgIpc) is 2.76. The molecule has 2 unspecified atom stereocenters. The molecule has 0 aliphatic carbocycles. The Hall–Kier alpha value is -0.380. The number of rotatable bonds is 4. The first-order chi connectivity index (χ1) is 8.58. The molecule has 3 heteroatoms. The van der Waals surface area contributed by atoms with E-state index in [0.29, 0.717) is 11.5 Å². The van der Waals surface area contributed by atoms with Crippen LogP contribution in [-0.4, -0.2) is 24.5 Å². The van der Waals surface area contributed by atoms with E-state index in [1.807, 2.05) is 0 Å². The fourth-order valence-corrected chi connectivity index (χ4v) is 3.15. The molecule has 1 aliphatic rings. The first-order valence-corrected chi connectivity index (χ1v) is 7.57. The molecule has 18 heavy (non-hydrogen) atoms. The first-order valence-electron chi connectivity index (χ1n) is 6.77. The van der Waals surface area contributed by atoms with Gasteiger partial charge in [0.15, 0.2) is 0 Å². The lowest BCUT2D eigenvalue weighted by Crippen LogP contribution is -2.33. The second-order valence-electron chi connectivity index (χ2n) is 5.71. The van der Waals surface area contributed by atoms with Gasteiger partial charge in [-0.25, -0.2) is 0 Å². The van der Waals surface area contributed by atoms with Crippen LogP contribution in [-0.2, 0) is 0 Å². The Morgan fingerprint density at radius 3 is 2.56 bits per heavy atom. The van der Waals surface area contributed by atoms with Crippen LogP contribution < -0.4 is 5.73 Å². The molecule has 0 amide bonds. The Kier molecular flexibility index (Phi) is 4.46. The van der Waals surface area contributed by atoms with Crippen LogP contribution in [0.4, 0.5) is 0 Å². The van der Waals surface area contributed by atoms with E-state index in [2.05, 4.69) is 58.9 Å². The van der Waals surface area contributed by atoms with Crippen molar-refractivity contribution in [2.45, 2.75) is 32.7 Å². The van der Waals surface area contributed by atoms with Crippen molar-refractivity contribution in [3.8, 4) is 0 Å². The van der Waals surface area contributed by atoms with E-state index in [-0.39, 0.29) is 0 Å². The lowest BCUT2D eigenvalue weighted by molar-refractivity contribution is 0.209. The minimum Gasteiger partial charge on any atom is -0.330 e. The second kappa shape index (κ2) is 5.72. The highest BCUT2D eigenvalue weighted by Gasteiger charge is 2.35. The van der Waals surface area contributed by atoms with E-state index in [0.717, 1.165) is 24.0 Å². The summed E-state index contributed by atoms with van der Waals surface area (Å²) in [6.07, 6.45) is 2.37. The standard InChI is InChI=1S/C15H23BrN2/c1-3-14(12-4-6-13(16)7-5-12)18-9-8-15(2,10-17)11-18/h4-7,14H,3,8-11,17H2,1-2H3. The summed E-state index contributed by atoms with van der Waals surface area (Å²) in [5, 5.41) is 0. The zero-order valence-corrected chi connectivity index (χ0v) is 12.9. The monoisotopic (exact) mass is 310 g/mol. The van der Waals surface area contributed by atoms with E-state index < -0.39 is 0 Å². The van der Waals surface area contributed by atoms with Crippen molar-refractivity contribution >= 4 is 15.9 Å². The van der Waals surface area contributed by atoms with E-state index in [1.165, 1.54) is 18.5 Å². The van der Waals surface area contributed by atoms with Crippen LogP contribution in [0, 0.1) is 5.41 Å². The van der Waals surface area contributed by atoms with Crippen LogP contribution in [0.1, 0.15) is 38.3 Å². The fourth-order valence-electron chi connectivity index (χ4n) is 2.88. The molecule has 2 N–H and O–H groups in total. The SMILES string of the molecule is CCC(c1ccc(Br)cc1)N1CCC(C)(CN)C1. The lowest BCUT2D eigenvalue weighted by Gasteiger charge is -2.29. The van der Waals surface area contributed by atoms with Gasteiger partial charge in [-0.05, 0) is 49.0 Å². The molecule has 2 rings (SSSR count). The Labute approximate surface area is 119 Å². The Morgan fingerprint density at radius 1 is 1.39 bits per heavy atom. The third-order valence-electron chi connectivity index (χ3n) is 4.16. The van der Waals surface area contributed by atoms with Gasteiger partial charge in [0, 0.05) is 17.1 Å². The summed E-state index contributed by atoms with van der Waals surface area (Å²) < 4.78 is 1.15. The second-order valence-corrected chi connectivity index (χ2v) is 6.63. The highest BCUT2D eigenvalue weighted by atomic mass is 79.9. The molecule has 0 saturated carbocycles. The van der Waals surface area contributed by atoms with Crippen LogP contribution in [0.2, 0.25) is 0 Å². The van der Waals surface area contributed by atoms with Crippen molar-refractivity contribution in [3.05, 3.63) is 34.3 Å². The predicted molar refractivity (Wildman–Crippen MR) is 80.5 cm³/mol. The van der Waals surface area contributed by atoms with Gasteiger partial charge >= 0.3 is 0 Å². The largest absolute Gasteiger partial charge is 0.330 e. The predicted octanol–water partition coefficient (Wildman–Crippen LogP) is 3.57. The van der Waals surface area contributed by atoms with Crippen molar-refractivity contribution in [1.29, 1.82) is 0 Å². The van der Waals surface area contributed by atoms with Crippen LogP contribution in [0.25, 0.3) is 0 Å². The van der Waals surface area contributed by atoms with Gasteiger partial charge in [0.1, 0.15) is 0 Å². The van der Waals surface area contributed by atoms with E-state index >= 15 is 0 Å². The number of halogens is 1. The van der Waals surface area contributed by atoms with E-state index in [1.54, 1.807) is 0 Å². The molecule has 1 saturated heterocycles. The molecule has 1 fully saturated rings. The molecule has 100 valence electrons. The molecule has 0 radical (unpaired) electrons. The Balaban J connectivity index is 2.13. The van der Waals surface area contributed by atoms with Crippen molar-refractivity contribution in [3.63, 3.8) is 0 Å². The maximum Gasteiger partial charge on any atom is 0.0345 e. The number of likely N-dealkylation sites (tertiary alicyclic amines) is 1. The molecular weight excluding hydrogens is 288 g/mol. The van der Waals surface area contributed by atoms with Gasteiger partial charge in [0.05, 0.1) is 0 Å². The molecule has 0 aromatic heterocycles. The molecule has 1 aliphatic heterocycles. The highest BCUT2D eigenvalue weighted by molar-refractivity contribution is 9.10. The van der Waals surface area contributed by atoms with Crippen molar-refractivity contribution < 1.29 is 0 Å². The van der Waals surface area contributed by atoms with Gasteiger partial charge in [0.25, 0.3) is 0 Å². The molecule has 0 spiro atoms. The zero-order chi connectivity index (χ0) is 13.2. The fraction of sp³-hybridized carbons (Fsp3) is 0.600. The molecule has 1 aromatic carbocycles. The minimum absolute atomic E-state index is 0.308. The van der Waals surface area contributed by atoms with Gasteiger partial charge < -0.3 is 5.73 Å². The van der Waals surface area contributed by atoms with Crippen LogP contribution in [0.5, 0.6) is 0 Å². The molecule has 1 aromatic rings. The van der Waals surface area contributed by atoms with Gasteiger partial charge in [0.2, 0.25) is 0 Å². The number of nitrogens with zero attached hydrogens (tertiary/aromatic N) is 1. The zero-order valence-electron chi connectivity index (χ0n) is 11.3. The summed E-state index contributed by atoms with van der Waals surface area (Å²) in [6, 6.07) is 9.27. The van der Waals surface area contributed by atoms with Crippen LogP contribution in [0.15, 0.2) is 28.7 Å². The topological polar surface area (TPSA) is 29.3 Å². The van der Waals surface area contributed by atoms with E-state index in [9.17, 15) is 0 Å². The highest BCUT2D eigenvalue weighted by Crippen LogP contribution is 2.36. The maximum absolute atomic E-state index is 5.90. The molecular formula is C15H23BrN2. The Morgan fingerprint density at radius 2 is 2.06 bits per heavy atom. The quantitative estimate of drug-likeness (QED) is 0.921. The lowest BCUT2D eigenvalue weighted by atomic mass is 9.90. The van der Waals surface area contributed by atoms with Gasteiger partial charge in [-0.15, -0.1) is 0 Å².